The van der Waals surface area contributed by atoms with Crippen LogP contribution in [0.25, 0.3) is 10.8 Å². The minimum absolute atomic E-state index is 0.0898. The van der Waals surface area contributed by atoms with Gasteiger partial charge in [-0.15, -0.1) is 0 Å². The van der Waals surface area contributed by atoms with E-state index < -0.39 is 0 Å². The normalized spacial score (nSPS) is 10.7. The van der Waals surface area contributed by atoms with E-state index in [2.05, 4.69) is 0 Å². The highest BCUT2D eigenvalue weighted by Crippen LogP contribution is 2.25. The van der Waals surface area contributed by atoms with Gasteiger partial charge < -0.3 is 9.47 Å². The lowest BCUT2D eigenvalue weighted by Crippen LogP contribution is -2.07. The highest BCUT2D eigenvalue weighted by atomic mass is 16.5. The molecule has 0 aliphatic rings. The second-order valence-corrected chi connectivity index (χ2v) is 6.79. The van der Waals surface area contributed by atoms with Crippen molar-refractivity contribution in [1.82, 2.24) is 0 Å². The molecule has 0 amide bonds. The van der Waals surface area contributed by atoms with Gasteiger partial charge in [0.2, 0.25) is 0 Å². The zero-order chi connectivity index (χ0) is 19.3. The number of unbranched alkanes of at least 4 members (excludes halogenated alkanes) is 5. The number of hydrogen-bond donors (Lipinski definition) is 0. The van der Waals surface area contributed by atoms with Crippen molar-refractivity contribution >= 4 is 22.7 Å². The fourth-order valence-corrected chi connectivity index (χ4v) is 2.99. The number of esters is 2. The Hall–Kier alpha value is -2.36. The monoisotopic (exact) mass is 370 g/mol. The quantitative estimate of drug-likeness (QED) is 0.268. The van der Waals surface area contributed by atoms with Crippen molar-refractivity contribution in [2.45, 2.75) is 64.7 Å². The van der Waals surface area contributed by atoms with Gasteiger partial charge in [0.15, 0.2) is 0 Å². The van der Waals surface area contributed by atoms with Crippen LogP contribution >= 0.6 is 0 Å². The molecule has 2 aromatic carbocycles. The van der Waals surface area contributed by atoms with Crippen LogP contribution in [0.3, 0.4) is 0 Å². The van der Waals surface area contributed by atoms with Crippen LogP contribution in [0.15, 0.2) is 42.5 Å². The van der Waals surface area contributed by atoms with Gasteiger partial charge in [-0.2, -0.15) is 0 Å². The summed E-state index contributed by atoms with van der Waals surface area (Å²) in [5.41, 5.74) is 0. The van der Waals surface area contributed by atoms with E-state index in [1.807, 2.05) is 49.4 Å². The summed E-state index contributed by atoms with van der Waals surface area (Å²) in [6.07, 6.45) is 7.73. The molecule has 0 fully saturated rings. The maximum Gasteiger partial charge on any atom is 0.311 e. The Morgan fingerprint density at radius 1 is 0.778 bits per heavy atom. The van der Waals surface area contributed by atoms with E-state index in [-0.39, 0.29) is 11.9 Å². The average molecular weight is 370 g/mol. The van der Waals surface area contributed by atoms with E-state index in [4.69, 9.17) is 9.47 Å². The Morgan fingerprint density at radius 2 is 1.41 bits per heavy atom. The van der Waals surface area contributed by atoms with Crippen LogP contribution in [0.5, 0.6) is 5.75 Å². The van der Waals surface area contributed by atoms with E-state index in [1.165, 1.54) is 0 Å². The van der Waals surface area contributed by atoms with Crippen molar-refractivity contribution < 1.29 is 19.1 Å². The Labute approximate surface area is 161 Å². The molecular formula is C23H30O4. The predicted octanol–water partition coefficient (Wildman–Crippen LogP) is 5.82. The number of carbonyl (C=O) groups excluding carboxylic acids is 2. The van der Waals surface area contributed by atoms with Crippen LogP contribution in [0.4, 0.5) is 0 Å². The van der Waals surface area contributed by atoms with Gasteiger partial charge in [0.25, 0.3) is 0 Å². The SMILES string of the molecule is CCCOC(=O)CCCCCCCCC(=O)Oc1cccc2ccccc12. The molecule has 0 aliphatic carbocycles. The first-order valence-electron chi connectivity index (χ1n) is 10.0. The molecule has 0 aromatic heterocycles. The molecule has 0 N–H and O–H groups in total. The summed E-state index contributed by atoms with van der Waals surface area (Å²) in [7, 11) is 0. The summed E-state index contributed by atoms with van der Waals surface area (Å²) in [5.74, 6) is 0.367. The van der Waals surface area contributed by atoms with Gasteiger partial charge in [-0.05, 0) is 30.7 Å². The molecule has 2 aromatic rings. The summed E-state index contributed by atoms with van der Waals surface area (Å²) in [6, 6.07) is 13.7. The Balaban J connectivity index is 1.56. The molecular weight excluding hydrogens is 340 g/mol. The number of benzene rings is 2. The molecule has 0 spiro atoms. The number of hydrogen-bond acceptors (Lipinski definition) is 4. The largest absolute Gasteiger partial charge is 0.466 e. The van der Waals surface area contributed by atoms with Crippen LogP contribution in [0.1, 0.15) is 64.7 Å². The highest BCUT2D eigenvalue weighted by Gasteiger charge is 2.08. The maximum atomic E-state index is 12.1. The molecule has 0 bridgehead atoms. The molecule has 0 saturated heterocycles. The van der Waals surface area contributed by atoms with Gasteiger partial charge in [0.05, 0.1) is 6.61 Å². The second kappa shape index (κ2) is 12.1. The van der Waals surface area contributed by atoms with Crippen LogP contribution in [0.2, 0.25) is 0 Å². The summed E-state index contributed by atoms with van der Waals surface area (Å²) in [5, 5.41) is 2.03. The third-order valence-corrected chi connectivity index (χ3v) is 4.45. The van der Waals surface area contributed by atoms with Crippen molar-refractivity contribution in [3.63, 3.8) is 0 Å². The molecule has 0 saturated carbocycles. The molecule has 0 atom stereocenters. The van der Waals surface area contributed by atoms with Crippen molar-refractivity contribution in [3.8, 4) is 5.75 Å². The molecule has 4 nitrogen and oxygen atoms in total. The fraction of sp³-hybridized carbons (Fsp3) is 0.478. The molecule has 27 heavy (non-hydrogen) atoms. The third-order valence-electron chi connectivity index (χ3n) is 4.45. The fourth-order valence-electron chi connectivity index (χ4n) is 2.99. The van der Waals surface area contributed by atoms with Crippen molar-refractivity contribution in [2.75, 3.05) is 6.61 Å². The maximum absolute atomic E-state index is 12.1. The first-order chi connectivity index (χ1) is 13.2. The average Bonchev–Trinajstić information content (AvgIpc) is 2.68. The number of rotatable bonds is 12. The van der Waals surface area contributed by atoms with Crippen molar-refractivity contribution in [2.24, 2.45) is 0 Å². The summed E-state index contributed by atoms with van der Waals surface area (Å²) >= 11 is 0. The van der Waals surface area contributed by atoms with E-state index in [9.17, 15) is 9.59 Å². The minimum Gasteiger partial charge on any atom is -0.466 e. The lowest BCUT2D eigenvalue weighted by atomic mass is 10.1. The van der Waals surface area contributed by atoms with E-state index >= 15 is 0 Å². The first-order valence-corrected chi connectivity index (χ1v) is 10.0. The zero-order valence-corrected chi connectivity index (χ0v) is 16.2. The lowest BCUT2D eigenvalue weighted by Gasteiger charge is -2.07. The van der Waals surface area contributed by atoms with Gasteiger partial charge >= 0.3 is 11.9 Å². The first kappa shape index (κ1) is 20.9. The topological polar surface area (TPSA) is 52.6 Å². The third kappa shape index (κ3) is 7.81. The standard InChI is InChI=1S/C23H30O4/c1-2-18-26-22(24)16-7-5-3-4-6-8-17-23(25)27-21-15-11-13-19-12-9-10-14-20(19)21/h9-15H,2-8,16-18H2,1H3. The molecule has 0 unspecified atom stereocenters. The Kier molecular flexibility index (Phi) is 9.39. The molecule has 0 aliphatic heterocycles. The van der Waals surface area contributed by atoms with Gasteiger partial charge in [0, 0.05) is 18.2 Å². The molecule has 2 rings (SSSR count). The number of fused-ring (bicyclic) bond motifs is 1. The number of ether oxygens (including phenoxy) is 2. The predicted molar refractivity (Wildman–Crippen MR) is 108 cm³/mol. The summed E-state index contributed by atoms with van der Waals surface area (Å²) < 4.78 is 10.6. The molecule has 4 heteroatoms. The van der Waals surface area contributed by atoms with Crippen molar-refractivity contribution in [3.05, 3.63) is 42.5 Å². The highest BCUT2D eigenvalue weighted by molar-refractivity contribution is 5.90. The minimum atomic E-state index is -0.176. The van der Waals surface area contributed by atoms with Gasteiger partial charge in [0.1, 0.15) is 5.75 Å². The van der Waals surface area contributed by atoms with E-state index in [0.717, 1.165) is 55.7 Å². The summed E-state index contributed by atoms with van der Waals surface area (Å²) in [4.78, 5) is 23.4. The second-order valence-electron chi connectivity index (χ2n) is 6.79. The molecule has 0 heterocycles. The van der Waals surface area contributed by atoms with Crippen LogP contribution < -0.4 is 4.74 Å². The van der Waals surface area contributed by atoms with E-state index in [1.54, 1.807) is 0 Å². The Bertz CT molecular complexity index is 718. The molecule has 146 valence electrons. The van der Waals surface area contributed by atoms with Crippen molar-refractivity contribution in [1.29, 1.82) is 0 Å². The van der Waals surface area contributed by atoms with Gasteiger partial charge in [-0.3, -0.25) is 9.59 Å². The van der Waals surface area contributed by atoms with E-state index in [0.29, 0.717) is 25.2 Å². The van der Waals surface area contributed by atoms with Crippen LogP contribution in [-0.4, -0.2) is 18.5 Å². The smallest absolute Gasteiger partial charge is 0.311 e. The van der Waals surface area contributed by atoms with Gasteiger partial charge in [-0.1, -0.05) is 69.0 Å². The van der Waals surface area contributed by atoms with Crippen LogP contribution in [0, 0.1) is 0 Å². The molecule has 0 radical (unpaired) electrons. The summed E-state index contributed by atoms with van der Waals surface area (Å²) in [6.45, 7) is 2.51. The zero-order valence-electron chi connectivity index (χ0n) is 16.2. The number of carbonyl (C=O) groups is 2. The lowest BCUT2D eigenvalue weighted by molar-refractivity contribution is -0.143. The Morgan fingerprint density at radius 3 is 2.15 bits per heavy atom. The van der Waals surface area contributed by atoms with Crippen LogP contribution in [-0.2, 0) is 14.3 Å². The van der Waals surface area contributed by atoms with Gasteiger partial charge in [-0.25, -0.2) is 0 Å².